The van der Waals surface area contributed by atoms with Crippen LogP contribution in [0.5, 0.6) is 0 Å². The van der Waals surface area contributed by atoms with E-state index in [9.17, 15) is 9.32 Å². The molecule has 0 aromatic carbocycles. The summed E-state index contributed by atoms with van der Waals surface area (Å²) >= 11 is 0. The van der Waals surface area contributed by atoms with Crippen LogP contribution in [0.25, 0.3) is 0 Å². The molecule has 96 valence electrons. The summed E-state index contributed by atoms with van der Waals surface area (Å²) in [6.07, 6.45) is -0.315. The minimum atomic E-state index is -0.626. The maximum Gasteiger partial charge on any atom is 0.0791 e. The van der Waals surface area contributed by atoms with Gasteiger partial charge in [0.25, 0.3) is 0 Å². The topological polar surface area (TPSA) is 52.6 Å². The highest BCUT2D eigenvalue weighted by Gasteiger charge is 2.17. The van der Waals surface area contributed by atoms with Crippen LogP contribution >= 0.6 is 0 Å². The molecule has 0 saturated carbocycles. The van der Waals surface area contributed by atoms with Crippen molar-refractivity contribution >= 4 is 10.8 Å². The van der Waals surface area contributed by atoms with Crippen molar-refractivity contribution in [1.82, 2.24) is 10.2 Å². The smallest absolute Gasteiger partial charge is 0.0791 e. The predicted molar refractivity (Wildman–Crippen MR) is 68.0 cm³/mol. The molecule has 0 radical (unpaired) electrons. The Labute approximate surface area is 101 Å². The molecule has 1 aliphatic heterocycles. The molecule has 2 N–H and O–H groups in total. The molecule has 0 aromatic heterocycles. The van der Waals surface area contributed by atoms with Gasteiger partial charge in [-0.2, -0.15) is 0 Å². The number of hydrogen-bond acceptors (Lipinski definition) is 4. The van der Waals surface area contributed by atoms with E-state index in [1.54, 1.807) is 0 Å². The van der Waals surface area contributed by atoms with Crippen molar-refractivity contribution in [1.29, 1.82) is 0 Å². The third-order valence-corrected chi connectivity index (χ3v) is 3.95. The average Bonchev–Trinajstić information content (AvgIpc) is 2.21. The summed E-state index contributed by atoms with van der Waals surface area (Å²) in [7, 11) is -0.626. The van der Waals surface area contributed by atoms with Gasteiger partial charge in [0, 0.05) is 48.5 Å². The molecule has 1 atom stereocenters. The second-order valence-electron chi connectivity index (χ2n) is 4.85. The molecule has 0 bridgehead atoms. The fourth-order valence-electron chi connectivity index (χ4n) is 1.76. The summed E-state index contributed by atoms with van der Waals surface area (Å²) in [4.78, 5) is 2.20. The van der Waals surface area contributed by atoms with Gasteiger partial charge in [-0.3, -0.25) is 9.11 Å². The predicted octanol–water partition coefficient (Wildman–Crippen LogP) is -0.343. The van der Waals surface area contributed by atoms with E-state index in [1.165, 1.54) is 0 Å². The largest absolute Gasteiger partial charge is 0.390 e. The maximum atomic E-state index is 11.2. The quantitative estimate of drug-likeness (QED) is 0.675. The lowest BCUT2D eigenvalue weighted by Crippen LogP contribution is -2.44. The van der Waals surface area contributed by atoms with Gasteiger partial charge >= 0.3 is 0 Å². The van der Waals surface area contributed by atoms with E-state index in [0.717, 1.165) is 31.1 Å². The molecule has 0 amide bonds. The second kappa shape index (κ2) is 7.37. The Hall–Kier alpha value is 0.0300. The highest BCUT2D eigenvalue weighted by molar-refractivity contribution is 7.85. The molecule has 1 unspecified atom stereocenters. The van der Waals surface area contributed by atoms with Crippen molar-refractivity contribution in [2.45, 2.75) is 20.0 Å². The van der Waals surface area contributed by atoms with Gasteiger partial charge < -0.3 is 10.4 Å². The highest BCUT2D eigenvalue weighted by Crippen LogP contribution is 2.01. The van der Waals surface area contributed by atoms with E-state index in [4.69, 9.17) is 0 Å². The van der Waals surface area contributed by atoms with Gasteiger partial charge in [-0.1, -0.05) is 13.8 Å². The van der Waals surface area contributed by atoms with E-state index < -0.39 is 10.8 Å². The van der Waals surface area contributed by atoms with E-state index in [2.05, 4.69) is 24.1 Å². The molecule has 0 aromatic rings. The van der Waals surface area contributed by atoms with E-state index in [0.29, 0.717) is 19.0 Å². The third kappa shape index (κ3) is 5.94. The van der Waals surface area contributed by atoms with Crippen molar-refractivity contribution in [2.24, 2.45) is 5.92 Å². The van der Waals surface area contributed by atoms with Crippen LogP contribution in [0.15, 0.2) is 0 Å². The van der Waals surface area contributed by atoms with Crippen LogP contribution in [-0.4, -0.2) is 64.5 Å². The first kappa shape index (κ1) is 14.1. The Morgan fingerprint density at radius 3 is 2.50 bits per heavy atom. The second-order valence-corrected chi connectivity index (χ2v) is 6.55. The lowest BCUT2D eigenvalue weighted by atomic mass is 10.2. The summed E-state index contributed by atoms with van der Waals surface area (Å²) in [5.74, 6) is 2.13. The zero-order valence-electron chi connectivity index (χ0n) is 10.3. The molecule has 5 heteroatoms. The number of nitrogens with one attached hydrogen (secondary N) is 1. The molecule has 0 aliphatic carbocycles. The number of hydrogen-bond donors (Lipinski definition) is 2. The summed E-state index contributed by atoms with van der Waals surface area (Å²) in [5, 5.41) is 13.0. The molecule has 16 heavy (non-hydrogen) atoms. The number of aliphatic hydroxyl groups is 1. The molecular weight excluding hydrogens is 224 g/mol. The zero-order chi connectivity index (χ0) is 12.0. The first-order chi connectivity index (χ1) is 7.58. The van der Waals surface area contributed by atoms with Gasteiger partial charge in [0.2, 0.25) is 0 Å². The maximum absolute atomic E-state index is 11.2. The van der Waals surface area contributed by atoms with Crippen LogP contribution in [0.3, 0.4) is 0 Å². The van der Waals surface area contributed by atoms with E-state index >= 15 is 0 Å². The summed E-state index contributed by atoms with van der Waals surface area (Å²) in [5.41, 5.74) is 0. The van der Waals surface area contributed by atoms with Gasteiger partial charge in [-0.05, 0) is 12.5 Å². The van der Waals surface area contributed by atoms with Crippen LogP contribution < -0.4 is 5.32 Å². The summed E-state index contributed by atoms with van der Waals surface area (Å²) < 4.78 is 11.2. The Morgan fingerprint density at radius 2 is 1.94 bits per heavy atom. The molecule has 1 aliphatic rings. The van der Waals surface area contributed by atoms with Gasteiger partial charge in [0.1, 0.15) is 0 Å². The molecule has 1 fully saturated rings. The van der Waals surface area contributed by atoms with Crippen molar-refractivity contribution in [2.75, 3.05) is 44.2 Å². The van der Waals surface area contributed by atoms with Crippen LogP contribution in [0, 0.1) is 5.92 Å². The normalized spacial score (nSPS) is 21.5. The SMILES string of the molecule is CC(C)CNCC(O)CN1CCS(=O)CC1. The lowest BCUT2D eigenvalue weighted by molar-refractivity contribution is 0.115. The Morgan fingerprint density at radius 1 is 1.31 bits per heavy atom. The first-order valence-corrected chi connectivity index (χ1v) is 7.53. The van der Waals surface area contributed by atoms with Crippen molar-refractivity contribution < 1.29 is 9.32 Å². The number of β-amino-alcohol motifs (C(OH)–C–C–N with tert-alkyl or cyclic N) is 1. The molecule has 4 nitrogen and oxygen atoms in total. The molecule has 1 rings (SSSR count). The van der Waals surface area contributed by atoms with Crippen LogP contribution in [0.4, 0.5) is 0 Å². The van der Waals surface area contributed by atoms with Gasteiger partial charge in [0.15, 0.2) is 0 Å². The minimum Gasteiger partial charge on any atom is -0.390 e. The molecule has 1 heterocycles. The summed E-state index contributed by atoms with van der Waals surface area (Å²) in [6, 6.07) is 0. The van der Waals surface area contributed by atoms with Crippen LogP contribution in [-0.2, 0) is 10.8 Å². The summed E-state index contributed by atoms with van der Waals surface area (Å²) in [6.45, 7) is 8.31. The highest BCUT2D eigenvalue weighted by atomic mass is 32.2. The number of aliphatic hydroxyl groups excluding tert-OH is 1. The van der Waals surface area contributed by atoms with Crippen LogP contribution in [0.1, 0.15) is 13.8 Å². The van der Waals surface area contributed by atoms with Crippen molar-refractivity contribution in [3.63, 3.8) is 0 Å². The number of rotatable bonds is 6. The van der Waals surface area contributed by atoms with E-state index in [-0.39, 0.29) is 6.10 Å². The van der Waals surface area contributed by atoms with Gasteiger partial charge in [0.05, 0.1) is 6.10 Å². The fraction of sp³-hybridized carbons (Fsp3) is 1.00. The lowest BCUT2D eigenvalue weighted by Gasteiger charge is -2.28. The molecule has 1 saturated heterocycles. The van der Waals surface area contributed by atoms with E-state index in [1.807, 2.05) is 0 Å². The first-order valence-electron chi connectivity index (χ1n) is 6.04. The fourth-order valence-corrected chi connectivity index (χ4v) is 2.89. The molecule has 0 spiro atoms. The van der Waals surface area contributed by atoms with Crippen molar-refractivity contribution in [3.8, 4) is 0 Å². The monoisotopic (exact) mass is 248 g/mol. The Balaban J connectivity index is 2.09. The zero-order valence-corrected chi connectivity index (χ0v) is 11.1. The van der Waals surface area contributed by atoms with Gasteiger partial charge in [-0.25, -0.2) is 0 Å². The average molecular weight is 248 g/mol. The Kier molecular flexibility index (Phi) is 6.49. The number of nitrogens with zero attached hydrogens (tertiary/aromatic N) is 1. The standard InChI is InChI=1S/C11H24N2O2S/c1-10(2)7-12-8-11(14)9-13-3-5-16(15)6-4-13/h10-12,14H,3-9H2,1-2H3. The minimum absolute atomic E-state index is 0.315. The van der Waals surface area contributed by atoms with Crippen LogP contribution in [0.2, 0.25) is 0 Å². The van der Waals surface area contributed by atoms with Crippen molar-refractivity contribution in [3.05, 3.63) is 0 Å². The molecular formula is C11H24N2O2S. The Bertz CT molecular complexity index is 214. The third-order valence-electron chi connectivity index (χ3n) is 2.67. The van der Waals surface area contributed by atoms with Gasteiger partial charge in [-0.15, -0.1) is 0 Å².